The summed E-state index contributed by atoms with van der Waals surface area (Å²) in [5.74, 6) is 1.91. The van der Waals surface area contributed by atoms with Crippen LogP contribution in [0, 0.1) is 17.8 Å². The van der Waals surface area contributed by atoms with Gasteiger partial charge in [0.1, 0.15) is 5.69 Å². The zero-order valence-corrected chi connectivity index (χ0v) is 26.4. The number of anilines is 1. The number of pyridine rings is 1. The van der Waals surface area contributed by atoms with Gasteiger partial charge in [0.15, 0.2) is 17.4 Å². The quantitative estimate of drug-likeness (QED) is 0.367. The summed E-state index contributed by atoms with van der Waals surface area (Å²) < 4.78 is 14.8. The van der Waals surface area contributed by atoms with E-state index in [-0.39, 0.29) is 40.6 Å². The van der Waals surface area contributed by atoms with Crippen molar-refractivity contribution in [2.45, 2.75) is 63.5 Å². The molecule has 2 aliphatic heterocycles. The number of aromatic nitrogens is 1. The van der Waals surface area contributed by atoms with Crippen molar-refractivity contribution in [2.24, 2.45) is 17.8 Å². The topological polar surface area (TPSA) is 80.8 Å². The number of carbonyl (C=O) groups is 2. The zero-order chi connectivity index (χ0) is 29.6. The monoisotopic (exact) mass is 611 g/mol. The Kier molecular flexibility index (Phi) is 10.5. The molecule has 1 aliphatic carbocycles. The molecule has 7 nitrogen and oxygen atoms in total. The van der Waals surface area contributed by atoms with Crippen molar-refractivity contribution < 1.29 is 19.1 Å². The molecule has 1 aromatic carbocycles. The molecule has 9 heteroatoms. The second-order valence-corrected chi connectivity index (χ2v) is 13.3. The lowest BCUT2D eigenvalue weighted by Crippen LogP contribution is -2.43. The number of fused-ring (bicyclic) bond motifs is 2. The smallest absolute Gasteiger partial charge is 0.279 e. The Hall–Kier alpha value is -2.55. The van der Waals surface area contributed by atoms with Crippen LogP contribution in [0.5, 0.6) is 5.75 Å². The molecule has 2 aromatic rings. The molecule has 1 N–H and O–H groups in total. The summed E-state index contributed by atoms with van der Waals surface area (Å²) in [6.07, 6.45) is 9.23. The predicted octanol–water partition coefficient (Wildman–Crippen LogP) is 6.64. The van der Waals surface area contributed by atoms with Gasteiger partial charge in [0.05, 0.1) is 6.61 Å². The van der Waals surface area contributed by atoms with Crippen LogP contribution in [0.2, 0.25) is 5.02 Å². The van der Waals surface area contributed by atoms with Crippen LogP contribution in [0.3, 0.4) is 0 Å². The van der Waals surface area contributed by atoms with E-state index in [1.165, 1.54) is 23.1 Å². The number of hydrogen-bond donors (Lipinski definition) is 1. The van der Waals surface area contributed by atoms with Gasteiger partial charge in [-0.05, 0) is 97.4 Å². The highest BCUT2D eigenvalue weighted by Crippen LogP contribution is 2.41. The van der Waals surface area contributed by atoms with E-state index in [2.05, 4.69) is 35.6 Å². The molecule has 0 saturated heterocycles. The standard InChI is InChI=1S/C33H42ClN3O4S/c1-4-6-22-17-25(34)10-12-26(22)24-19-37-18-23-9-11-27(23)29(38)8-5-7-21(2)31(15-16-40-3)42-36-33(39)28-13-14-30(41-20-24)32(37)35-28/h5,8,10,12-14,17,21,23-24,27,31H,4,6-7,9,11,15-16,18-20H2,1-3H3,(H,36,39)/b8-5+. The summed E-state index contributed by atoms with van der Waals surface area (Å²) in [4.78, 5) is 33.8. The van der Waals surface area contributed by atoms with Gasteiger partial charge in [-0.2, -0.15) is 0 Å². The average molecular weight is 612 g/mol. The van der Waals surface area contributed by atoms with Crippen molar-refractivity contribution in [3.05, 3.63) is 64.3 Å². The second kappa shape index (κ2) is 14.3. The normalized spacial score (nSPS) is 27.2. The average Bonchev–Trinajstić information content (AvgIpc) is 3.14. The summed E-state index contributed by atoms with van der Waals surface area (Å²) in [7, 11) is 1.69. The number of carbonyl (C=O) groups excluding carboxylic acids is 2. The number of amides is 1. The van der Waals surface area contributed by atoms with Crippen LogP contribution in [-0.4, -0.2) is 55.3 Å². The molecule has 3 aliphatic rings. The van der Waals surface area contributed by atoms with E-state index in [0.29, 0.717) is 43.6 Å². The zero-order valence-electron chi connectivity index (χ0n) is 24.8. The van der Waals surface area contributed by atoms with Gasteiger partial charge in [-0.25, -0.2) is 4.98 Å². The van der Waals surface area contributed by atoms with Crippen molar-refractivity contribution in [3.8, 4) is 5.75 Å². The van der Waals surface area contributed by atoms with E-state index >= 15 is 0 Å². The Morgan fingerprint density at radius 2 is 2.05 bits per heavy atom. The summed E-state index contributed by atoms with van der Waals surface area (Å²) in [5.41, 5.74) is 2.83. The van der Waals surface area contributed by atoms with E-state index in [0.717, 1.165) is 43.5 Å². The van der Waals surface area contributed by atoms with E-state index in [1.807, 2.05) is 18.2 Å². The summed E-state index contributed by atoms with van der Waals surface area (Å²) in [6, 6.07) is 9.76. The van der Waals surface area contributed by atoms with Gasteiger partial charge in [0.25, 0.3) is 5.91 Å². The third-order valence-electron chi connectivity index (χ3n) is 8.89. The van der Waals surface area contributed by atoms with E-state index in [9.17, 15) is 9.59 Å². The fourth-order valence-corrected chi connectivity index (χ4v) is 7.41. The molecule has 2 bridgehead atoms. The molecular formula is C33H42ClN3O4S. The fraction of sp³-hybridized carbons (Fsp3) is 0.545. The van der Waals surface area contributed by atoms with Gasteiger partial charge in [0.2, 0.25) is 0 Å². The van der Waals surface area contributed by atoms with Crippen LogP contribution in [0.4, 0.5) is 5.82 Å². The number of nitrogens with one attached hydrogen (secondary N) is 1. The van der Waals surface area contributed by atoms with Crippen LogP contribution in [0.15, 0.2) is 42.5 Å². The fourth-order valence-electron chi connectivity index (χ4n) is 6.30. The number of rotatable bonds is 6. The molecule has 5 atom stereocenters. The summed E-state index contributed by atoms with van der Waals surface area (Å²) >= 11 is 7.80. The van der Waals surface area contributed by atoms with Crippen molar-refractivity contribution in [1.29, 1.82) is 0 Å². The molecule has 5 unspecified atom stereocenters. The Bertz CT molecular complexity index is 1300. The Morgan fingerprint density at radius 1 is 1.19 bits per heavy atom. The molecule has 1 amide bonds. The van der Waals surface area contributed by atoms with Crippen molar-refractivity contribution in [1.82, 2.24) is 9.71 Å². The minimum atomic E-state index is -0.222. The number of halogens is 1. The maximum absolute atomic E-state index is 13.4. The number of methoxy groups -OCH3 is 1. The Labute approximate surface area is 258 Å². The van der Waals surface area contributed by atoms with Crippen molar-refractivity contribution >= 4 is 41.1 Å². The van der Waals surface area contributed by atoms with Crippen LogP contribution in [0.25, 0.3) is 0 Å². The lowest BCUT2D eigenvalue weighted by molar-refractivity contribution is -0.122. The van der Waals surface area contributed by atoms with Gasteiger partial charge in [-0.1, -0.05) is 44.0 Å². The van der Waals surface area contributed by atoms with Crippen molar-refractivity contribution in [3.63, 3.8) is 0 Å². The predicted molar refractivity (Wildman–Crippen MR) is 170 cm³/mol. The number of allylic oxidation sites excluding steroid dienone is 2. The first-order valence-electron chi connectivity index (χ1n) is 15.2. The molecule has 5 rings (SSSR count). The van der Waals surface area contributed by atoms with E-state index in [1.54, 1.807) is 19.3 Å². The summed E-state index contributed by atoms with van der Waals surface area (Å²) in [5, 5.41) is 0.874. The van der Waals surface area contributed by atoms with Gasteiger partial charge in [-0.15, -0.1) is 0 Å². The van der Waals surface area contributed by atoms with Crippen molar-refractivity contribution in [2.75, 3.05) is 38.3 Å². The largest absolute Gasteiger partial charge is 0.489 e. The SMILES string of the molecule is CCCc1cc(Cl)ccc1C1COc2ccc3nc2N(C1)CC1CCC1C(=O)/C=C/CC(C)C(CCOC)SNC3=O. The maximum Gasteiger partial charge on any atom is 0.279 e. The molecule has 1 aromatic heterocycles. The third-order valence-corrected chi connectivity index (χ3v) is 10.4. The Balaban J connectivity index is 1.49. The van der Waals surface area contributed by atoms with E-state index in [4.69, 9.17) is 26.1 Å². The second-order valence-electron chi connectivity index (χ2n) is 11.9. The van der Waals surface area contributed by atoms with Gasteiger partial charge in [0, 0.05) is 48.9 Å². The highest BCUT2D eigenvalue weighted by Gasteiger charge is 2.38. The number of benzene rings is 1. The lowest BCUT2D eigenvalue weighted by atomic mass is 9.71. The molecule has 42 heavy (non-hydrogen) atoms. The van der Waals surface area contributed by atoms with E-state index < -0.39 is 0 Å². The molecule has 0 radical (unpaired) electrons. The van der Waals surface area contributed by atoms with Crippen LogP contribution in [-0.2, 0) is 16.0 Å². The number of ketones is 1. The molecule has 3 heterocycles. The van der Waals surface area contributed by atoms with Crippen LogP contribution in [0.1, 0.15) is 73.5 Å². The molecule has 226 valence electrons. The minimum Gasteiger partial charge on any atom is -0.489 e. The number of aryl methyl sites for hydroxylation is 1. The minimum absolute atomic E-state index is 0.00635. The third kappa shape index (κ3) is 7.14. The highest BCUT2D eigenvalue weighted by molar-refractivity contribution is 7.98. The van der Waals surface area contributed by atoms with Gasteiger partial charge >= 0.3 is 0 Å². The lowest BCUT2D eigenvalue weighted by Gasteiger charge is -2.39. The number of hydrogen-bond acceptors (Lipinski definition) is 7. The first-order valence-corrected chi connectivity index (χ1v) is 16.5. The Morgan fingerprint density at radius 3 is 2.81 bits per heavy atom. The van der Waals surface area contributed by atoms with Crippen LogP contribution < -0.4 is 14.4 Å². The molecule has 1 saturated carbocycles. The molecule has 1 fully saturated rings. The van der Waals surface area contributed by atoms with Gasteiger partial charge in [-0.3, -0.25) is 14.3 Å². The number of nitrogens with zero attached hydrogens (tertiary/aromatic N) is 2. The first kappa shape index (κ1) is 30.9. The maximum atomic E-state index is 13.4. The molecular weight excluding hydrogens is 570 g/mol. The first-order chi connectivity index (χ1) is 20.4. The highest BCUT2D eigenvalue weighted by atomic mass is 35.5. The van der Waals surface area contributed by atoms with Gasteiger partial charge < -0.3 is 14.4 Å². The molecule has 0 spiro atoms. The van der Waals surface area contributed by atoms with Crippen LogP contribution >= 0.6 is 23.5 Å². The summed E-state index contributed by atoms with van der Waals surface area (Å²) in [6.45, 7) is 6.80. The number of ether oxygens (including phenoxy) is 2.